The lowest BCUT2D eigenvalue weighted by molar-refractivity contribution is 0.0804. The highest BCUT2D eigenvalue weighted by Gasteiger charge is 2.21. The summed E-state index contributed by atoms with van der Waals surface area (Å²) >= 11 is 6.04. The van der Waals surface area contributed by atoms with Gasteiger partial charge < -0.3 is 10.1 Å². The van der Waals surface area contributed by atoms with Crippen LogP contribution >= 0.6 is 11.6 Å². The summed E-state index contributed by atoms with van der Waals surface area (Å²) < 4.78 is 5.44. The largest absolute Gasteiger partial charge is 0.377 e. The molecule has 84 valence electrons. The maximum atomic E-state index is 6.04. The van der Waals surface area contributed by atoms with Crippen LogP contribution in [0.2, 0.25) is 0 Å². The third-order valence-corrected chi connectivity index (χ3v) is 3.04. The van der Waals surface area contributed by atoms with Crippen LogP contribution < -0.4 is 5.32 Å². The predicted octanol–water partition coefficient (Wildman–Crippen LogP) is 2.41. The number of hydrogen-bond donors (Lipinski definition) is 1. The summed E-state index contributed by atoms with van der Waals surface area (Å²) in [6, 6.07) is 0. The highest BCUT2D eigenvalue weighted by Crippen LogP contribution is 2.28. The first-order chi connectivity index (χ1) is 6.68. The van der Waals surface area contributed by atoms with Gasteiger partial charge in [-0.25, -0.2) is 0 Å². The van der Waals surface area contributed by atoms with Crippen LogP contribution in [-0.4, -0.2) is 31.2 Å². The van der Waals surface area contributed by atoms with Gasteiger partial charge in [0, 0.05) is 11.9 Å². The van der Waals surface area contributed by atoms with Gasteiger partial charge in [0.2, 0.25) is 0 Å². The van der Waals surface area contributed by atoms with E-state index >= 15 is 0 Å². The zero-order valence-corrected chi connectivity index (χ0v) is 10.0. The van der Waals surface area contributed by atoms with Gasteiger partial charge in [0.15, 0.2) is 0 Å². The Labute approximate surface area is 92.3 Å². The fraction of sp³-hybridized carbons (Fsp3) is 1.00. The zero-order valence-electron chi connectivity index (χ0n) is 9.26. The summed E-state index contributed by atoms with van der Waals surface area (Å²) in [5, 5.41) is 3.84. The summed E-state index contributed by atoms with van der Waals surface area (Å²) in [4.78, 5) is 0. The second-order valence-corrected chi connectivity index (χ2v) is 5.02. The molecule has 0 radical (unpaired) electrons. The van der Waals surface area contributed by atoms with E-state index in [-0.39, 0.29) is 0 Å². The molecule has 3 heteroatoms. The molecule has 0 aromatic rings. The molecule has 2 atom stereocenters. The van der Waals surface area contributed by atoms with Crippen molar-refractivity contribution in [2.75, 3.05) is 19.7 Å². The molecule has 0 heterocycles. The van der Waals surface area contributed by atoms with Gasteiger partial charge in [-0.15, -0.1) is 11.6 Å². The lowest BCUT2D eigenvalue weighted by atomic mass is 10.1. The van der Waals surface area contributed by atoms with Crippen molar-refractivity contribution in [1.82, 2.24) is 5.32 Å². The molecule has 0 aliphatic heterocycles. The van der Waals surface area contributed by atoms with Crippen LogP contribution in [0, 0.1) is 5.92 Å². The molecule has 0 aromatic heterocycles. The molecule has 0 bridgehead atoms. The van der Waals surface area contributed by atoms with Crippen molar-refractivity contribution in [3.8, 4) is 0 Å². The third kappa shape index (κ3) is 5.18. The van der Waals surface area contributed by atoms with E-state index in [9.17, 15) is 0 Å². The molecule has 2 unspecified atom stereocenters. The average molecular weight is 220 g/mol. The second kappa shape index (κ2) is 6.65. The van der Waals surface area contributed by atoms with Crippen molar-refractivity contribution in [3.63, 3.8) is 0 Å². The Morgan fingerprint density at radius 2 is 2.21 bits per heavy atom. The van der Waals surface area contributed by atoms with Crippen LogP contribution in [0.15, 0.2) is 0 Å². The van der Waals surface area contributed by atoms with Gasteiger partial charge in [0.05, 0.1) is 12.7 Å². The maximum absolute atomic E-state index is 6.04. The van der Waals surface area contributed by atoms with Crippen LogP contribution in [0.25, 0.3) is 0 Å². The summed E-state index contributed by atoms with van der Waals surface area (Å²) in [5.41, 5.74) is 0. The molecule has 1 saturated carbocycles. The van der Waals surface area contributed by atoms with Crippen molar-refractivity contribution < 1.29 is 4.74 Å². The van der Waals surface area contributed by atoms with E-state index < -0.39 is 0 Å². The smallest absolute Gasteiger partial charge is 0.0594 e. The van der Waals surface area contributed by atoms with Gasteiger partial charge in [-0.3, -0.25) is 0 Å². The molecule has 1 N–H and O–H groups in total. The van der Waals surface area contributed by atoms with Crippen LogP contribution in [0.4, 0.5) is 0 Å². The van der Waals surface area contributed by atoms with E-state index in [1.807, 2.05) is 0 Å². The monoisotopic (exact) mass is 219 g/mol. The number of halogens is 1. The van der Waals surface area contributed by atoms with E-state index in [4.69, 9.17) is 16.3 Å². The first-order valence-electron chi connectivity index (χ1n) is 5.65. The SMILES string of the molecule is CC(C)OCCNCC1CCC(Cl)C1. The van der Waals surface area contributed by atoms with Gasteiger partial charge in [0.25, 0.3) is 0 Å². The highest BCUT2D eigenvalue weighted by molar-refractivity contribution is 6.20. The molecule has 0 aromatic carbocycles. The maximum Gasteiger partial charge on any atom is 0.0594 e. The number of nitrogens with one attached hydrogen (secondary N) is 1. The topological polar surface area (TPSA) is 21.3 Å². The first-order valence-corrected chi connectivity index (χ1v) is 6.08. The molecule has 2 nitrogen and oxygen atoms in total. The lowest BCUT2D eigenvalue weighted by Gasteiger charge is -2.12. The normalized spacial score (nSPS) is 27.4. The molecule has 0 saturated heterocycles. The van der Waals surface area contributed by atoms with Crippen molar-refractivity contribution in [2.45, 2.75) is 44.6 Å². The Bertz CT molecular complexity index is 152. The summed E-state index contributed by atoms with van der Waals surface area (Å²) in [6.07, 6.45) is 4.00. The van der Waals surface area contributed by atoms with Gasteiger partial charge in [-0.1, -0.05) is 0 Å². The molecule has 1 aliphatic rings. The van der Waals surface area contributed by atoms with Crippen molar-refractivity contribution in [3.05, 3.63) is 0 Å². The molecular formula is C11H22ClNO. The molecular weight excluding hydrogens is 198 g/mol. The molecule has 0 spiro atoms. The third-order valence-electron chi connectivity index (χ3n) is 2.64. The van der Waals surface area contributed by atoms with Gasteiger partial charge >= 0.3 is 0 Å². The fourth-order valence-electron chi connectivity index (χ4n) is 1.87. The molecule has 1 fully saturated rings. The minimum Gasteiger partial charge on any atom is -0.377 e. The molecule has 1 aliphatic carbocycles. The number of ether oxygens (including phenoxy) is 1. The minimum atomic E-state index is 0.343. The molecule has 14 heavy (non-hydrogen) atoms. The predicted molar refractivity (Wildman–Crippen MR) is 60.9 cm³/mol. The summed E-state index contributed by atoms with van der Waals surface area (Å²) in [7, 11) is 0. The van der Waals surface area contributed by atoms with Crippen molar-refractivity contribution >= 4 is 11.6 Å². The number of alkyl halides is 1. The standard InChI is InChI=1S/C11H22ClNO/c1-9(2)14-6-5-13-8-10-3-4-11(12)7-10/h9-11,13H,3-8H2,1-2H3. The highest BCUT2D eigenvalue weighted by atomic mass is 35.5. The first kappa shape index (κ1) is 12.3. The van der Waals surface area contributed by atoms with E-state index in [0.717, 1.165) is 25.6 Å². The minimum absolute atomic E-state index is 0.343. The Morgan fingerprint density at radius 3 is 2.79 bits per heavy atom. The Hall–Kier alpha value is 0.210. The van der Waals surface area contributed by atoms with E-state index in [1.165, 1.54) is 19.3 Å². The van der Waals surface area contributed by atoms with E-state index in [1.54, 1.807) is 0 Å². The Morgan fingerprint density at radius 1 is 1.43 bits per heavy atom. The quantitative estimate of drug-likeness (QED) is 0.547. The van der Waals surface area contributed by atoms with Crippen LogP contribution in [0.1, 0.15) is 33.1 Å². The van der Waals surface area contributed by atoms with E-state index in [2.05, 4.69) is 19.2 Å². The summed E-state index contributed by atoms with van der Waals surface area (Å²) in [6.45, 7) is 7.01. The second-order valence-electron chi connectivity index (χ2n) is 4.40. The van der Waals surface area contributed by atoms with Crippen LogP contribution in [-0.2, 0) is 4.74 Å². The molecule has 1 rings (SSSR count). The van der Waals surface area contributed by atoms with Crippen molar-refractivity contribution in [1.29, 1.82) is 0 Å². The van der Waals surface area contributed by atoms with Crippen LogP contribution in [0.5, 0.6) is 0 Å². The molecule has 0 amide bonds. The average Bonchev–Trinajstić information content (AvgIpc) is 2.50. The number of hydrogen-bond acceptors (Lipinski definition) is 2. The van der Waals surface area contributed by atoms with Crippen LogP contribution in [0.3, 0.4) is 0 Å². The Balaban J connectivity index is 1.89. The Kier molecular flexibility index (Phi) is 5.83. The number of rotatable bonds is 6. The van der Waals surface area contributed by atoms with Gasteiger partial charge in [-0.05, 0) is 45.6 Å². The lowest BCUT2D eigenvalue weighted by Crippen LogP contribution is -2.26. The van der Waals surface area contributed by atoms with Crippen molar-refractivity contribution in [2.24, 2.45) is 5.92 Å². The summed E-state index contributed by atoms with van der Waals surface area (Å²) in [5.74, 6) is 0.788. The van der Waals surface area contributed by atoms with Gasteiger partial charge in [-0.2, -0.15) is 0 Å². The van der Waals surface area contributed by atoms with Gasteiger partial charge in [0.1, 0.15) is 0 Å². The zero-order chi connectivity index (χ0) is 10.4. The fourth-order valence-corrected chi connectivity index (χ4v) is 2.25. The van der Waals surface area contributed by atoms with E-state index in [0.29, 0.717) is 11.5 Å².